The summed E-state index contributed by atoms with van der Waals surface area (Å²) in [5.41, 5.74) is 7.56. The second kappa shape index (κ2) is 8.46. The zero-order chi connectivity index (χ0) is 24.1. The third-order valence-corrected chi connectivity index (χ3v) is 16.6. The second-order valence-corrected chi connectivity index (χ2v) is 21.5. The number of nitrogen functional groups attached to an aromatic ring is 1. The quantitative estimate of drug-likeness (QED) is 0.585. The molecule has 2 aromatic rings. The van der Waals surface area contributed by atoms with Crippen molar-refractivity contribution in [3.63, 3.8) is 0 Å². The normalized spacial score (nSPS) is 23.2. The van der Waals surface area contributed by atoms with Crippen LogP contribution in [0.1, 0.15) is 59.6 Å². The van der Waals surface area contributed by atoms with Crippen molar-refractivity contribution < 1.29 is 13.6 Å². The number of nitrogens with zero attached hydrogens (tertiary/aromatic N) is 4. The molecule has 0 amide bonds. The van der Waals surface area contributed by atoms with Crippen LogP contribution in [0, 0.1) is 0 Å². The molecule has 0 saturated carbocycles. The van der Waals surface area contributed by atoms with Crippen LogP contribution in [0.3, 0.4) is 0 Å². The summed E-state index contributed by atoms with van der Waals surface area (Å²) in [5.74, 6) is 0.311. The molecule has 10 heteroatoms. The molecular weight excluding hydrogens is 438 g/mol. The van der Waals surface area contributed by atoms with Gasteiger partial charge in [0.1, 0.15) is 12.4 Å². The highest BCUT2D eigenvalue weighted by Gasteiger charge is 2.47. The summed E-state index contributed by atoms with van der Waals surface area (Å²) < 4.78 is 21.5. The number of hydrogen-bond acceptors (Lipinski definition) is 7. The molecule has 0 unspecified atom stereocenters. The summed E-state index contributed by atoms with van der Waals surface area (Å²) in [7, 11) is -3.91. The lowest BCUT2D eigenvalue weighted by Gasteiger charge is -2.40. The molecule has 1 aliphatic heterocycles. The first-order chi connectivity index (χ1) is 14.5. The molecule has 0 aliphatic carbocycles. The van der Waals surface area contributed by atoms with Crippen LogP contribution in [0.15, 0.2) is 12.5 Å². The molecule has 1 fully saturated rings. The molecule has 0 bridgehead atoms. The first kappa shape index (κ1) is 25.3. The molecule has 8 nitrogen and oxygen atoms in total. The van der Waals surface area contributed by atoms with Gasteiger partial charge < -0.3 is 19.3 Å². The van der Waals surface area contributed by atoms with Crippen LogP contribution in [0.25, 0.3) is 5.65 Å². The van der Waals surface area contributed by atoms with E-state index in [2.05, 4.69) is 82.8 Å². The average Bonchev–Trinajstić information content (AvgIpc) is 3.22. The Balaban J connectivity index is 1.87. The van der Waals surface area contributed by atoms with Gasteiger partial charge in [0, 0.05) is 12.0 Å². The molecule has 3 rings (SSSR count). The van der Waals surface area contributed by atoms with Gasteiger partial charge in [-0.2, -0.15) is 9.61 Å². The Morgan fingerprint density at radius 3 is 2.28 bits per heavy atom. The number of anilines is 1. The van der Waals surface area contributed by atoms with Gasteiger partial charge in [-0.15, -0.1) is 0 Å². The molecule has 0 aromatic carbocycles. The fourth-order valence-corrected chi connectivity index (χ4v) is 5.70. The highest BCUT2D eigenvalue weighted by Crippen LogP contribution is 2.44. The second-order valence-electron chi connectivity index (χ2n) is 12.0. The average molecular weight is 480 g/mol. The number of hydrogen-bond donors (Lipinski definition) is 1. The summed E-state index contributed by atoms with van der Waals surface area (Å²) in [6, 6.07) is 0. The zero-order valence-electron chi connectivity index (χ0n) is 21.4. The molecule has 1 saturated heterocycles. The lowest BCUT2D eigenvalue weighted by molar-refractivity contribution is -0.0161. The van der Waals surface area contributed by atoms with Gasteiger partial charge >= 0.3 is 0 Å². The molecule has 3 heterocycles. The molecule has 0 spiro atoms. The van der Waals surface area contributed by atoms with E-state index in [1.165, 1.54) is 6.33 Å². The third-order valence-electron chi connectivity index (χ3n) is 7.57. The zero-order valence-corrected chi connectivity index (χ0v) is 23.4. The molecule has 1 aliphatic rings. The summed E-state index contributed by atoms with van der Waals surface area (Å²) in [6.45, 7) is 23.2. The van der Waals surface area contributed by atoms with E-state index in [1.807, 2.05) is 0 Å². The fourth-order valence-electron chi connectivity index (χ4n) is 3.33. The highest BCUT2D eigenvalue weighted by molar-refractivity contribution is 6.74. The van der Waals surface area contributed by atoms with E-state index in [4.69, 9.17) is 19.3 Å². The molecular formula is C22H41N5O3Si2. The van der Waals surface area contributed by atoms with Crippen molar-refractivity contribution in [2.45, 2.75) is 103 Å². The van der Waals surface area contributed by atoms with Gasteiger partial charge in [0.05, 0.1) is 25.0 Å². The van der Waals surface area contributed by atoms with Gasteiger partial charge in [0.15, 0.2) is 22.3 Å². The van der Waals surface area contributed by atoms with Crippen LogP contribution in [0.5, 0.6) is 0 Å². The first-order valence-electron chi connectivity index (χ1n) is 11.4. The van der Waals surface area contributed by atoms with Crippen LogP contribution >= 0.6 is 0 Å². The molecule has 2 aromatic heterocycles. The van der Waals surface area contributed by atoms with E-state index in [0.29, 0.717) is 18.2 Å². The standard InChI is InChI=1S/C22H41N5O3Si2/c1-21(2,3)31(7,8)28-13-18-17(30-32(9,10)22(4,5)6)11-16(29-18)15-12-26-27-19(15)24-14-25-20(27)23/h12,14,16-18H,11,13H2,1-10H3,(H2,23,24,25)/t16-,17+,18-/m1/s1. The number of nitrogens with two attached hydrogens (primary N) is 1. The Morgan fingerprint density at radius 1 is 1.06 bits per heavy atom. The van der Waals surface area contributed by atoms with Crippen LogP contribution < -0.4 is 5.73 Å². The van der Waals surface area contributed by atoms with E-state index < -0.39 is 16.6 Å². The maximum absolute atomic E-state index is 6.86. The van der Waals surface area contributed by atoms with Gasteiger partial charge in [-0.05, 0) is 36.3 Å². The van der Waals surface area contributed by atoms with Gasteiger partial charge in [-0.1, -0.05) is 41.5 Å². The van der Waals surface area contributed by atoms with Crippen molar-refractivity contribution >= 4 is 28.2 Å². The van der Waals surface area contributed by atoms with E-state index >= 15 is 0 Å². The van der Waals surface area contributed by atoms with E-state index in [0.717, 1.165) is 12.0 Å². The van der Waals surface area contributed by atoms with Gasteiger partial charge in [-0.25, -0.2) is 9.97 Å². The summed E-state index contributed by atoms with van der Waals surface area (Å²) >= 11 is 0. The van der Waals surface area contributed by atoms with Gasteiger partial charge in [0.2, 0.25) is 5.95 Å². The van der Waals surface area contributed by atoms with Crippen molar-refractivity contribution in [2.24, 2.45) is 0 Å². The summed E-state index contributed by atoms with van der Waals surface area (Å²) in [6.07, 6.45) is 3.63. The molecule has 180 valence electrons. The van der Waals surface area contributed by atoms with E-state index in [-0.39, 0.29) is 28.4 Å². The lowest BCUT2D eigenvalue weighted by atomic mass is 10.1. The first-order valence-corrected chi connectivity index (χ1v) is 17.3. The predicted octanol–water partition coefficient (Wildman–Crippen LogP) is 4.95. The third kappa shape index (κ3) is 4.94. The SMILES string of the molecule is CC(C)(C)[Si](C)(C)OC[C@H]1O[C@@H](c2cnn3c(N)ncnc23)C[C@@H]1O[Si](C)(C)C(C)(C)C. The topological polar surface area (TPSA) is 96.8 Å². The van der Waals surface area contributed by atoms with Crippen LogP contribution in [-0.4, -0.2) is 55.0 Å². The minimum Gasteiger partial charge on any atom is -0.414 e. The molecule has 0 radical (unpaired) electrons. The Labute approximate surface area is 194 Å². The van der Waals surface area contributed by atoms with Crippen LogP contribution in [-0.2, 0) is 13.6 Å². The van der Waals surface area contributed by atoms with Crippen molar-refractivity contribution in [2.75, 3.05) is 12.3 Å². The minimum absolute atomic E-state index is 0.0419. The van der Waals surface area contributed by atoms with E-state index in [1.54, 1.807) is 10.7 Å². The molecule has 3 atom stereocenters. The van der Waals surface area contributed by atoms with Gasteiger partial charge in [0.25, 0.3) is 0 Å². The Hall–Kier alpha value is -1.34. The van der Waals surface area contributed by atoms with Crippen molar-refractivity contribution in [1.29, 1.82) is 0 Å². The van der Waals surface area contributed by atoms with Gasteiger partial charge in [-0.3, -0.25) is 0 Å². The van der Waals surface area contributed by atoms with Crippen molar-refractivity contribution in [3.05, 3.63) is 18.1 Å². The van der Waals surface area contributed by atoms with Crippen molar-refractivity contribution in [1.82, 2.24) is 19.6 Å². The molecule has 2 N–H and O–H groups in total. The Kier molecular flexibility index (Phi) is 6.69. The Morgan fingerprint density at radius 2 is 1.69 bits per heavy atom. The van der Waals surface area contributed by atoms with Crippen molar-refractivity contribution in [3.8, 4) is 0 Å². The smallest absolute Gasteiger partial charge is 0.224 e. The number of rotatable bonds is 6. The minimum atomic E-state index is -1.99. The molecule has 32 heavy (non-hydrogen) atoms. The monoisotopic (exact) mass is 479 g/mol. The van der Waals surface area contributed by atoms with Crippen LogP contribution in [0.4, 0.5) is 5.95 Å². The summed E-state index contributed by atoms with van der Waals surface area (Å²) in [4.78, 5) is 8.42. The maximum atomic E-state index is 6.86. The largest absolute Gasteiger partial charge is 0.414 e. The highest BCUT2D eigenvalue weighted by atomic mass is 28.4. The lowest BCUT2D eigenvalue weighted by Crippen LogP contribution is -2.48. The van der Waals surface area contributed by atoms with E-state index in [9.17, 15) is 0 Å². The van der Waals surface area contributed by atoms with Crippen LogP contribution in [0.2, 0.25) is 36.3 Å². The number of fused-ring (bicyclic) bond motifs is 1. The Bertz CT molecular complexity index is 949. The summed E-state index contributed by atoms with van der Waals surface area (Å²) in [5, 5.41) is 4.62. The fraction of sp³-hybridized carbons (Fsp3) is 0.773. The number of aromatic nitrogens is 4. The number of ether oxygens (including phenoxy) is 1. The predicted molar refractivity (Wildman–Crippen MR) is 133 cm³/mol. The maximum Gasteiger partial charge on any atom is 0.224 e.